The van der Waals surface area contributed by atoms with Crippen LogP contribution < -0.4 is 0 Å². The maximum Gasteiger partial charge on any atom is 0.136 e. The molecule has 0 bridgehead atoms. The van der Waals surface area contributed by atoms with E-state index in [0.29, 0.717) is 11.7 Å². The van der Waals surface area contributed by atoms with Gasteiger partial charge in [-0.3, -0.25) is 4.79 Å². The lowest BCUT2D eigenvalue weighted by atomic mass is 9.99. The second kappa shape index (κ2) is 7.33. The van der Waals surface area contributed by atoms with Crippen molar-refractivity contribution in [2.24, 2.45) is 17.8 Å². The molecule has 1 unspecified atom stereocenters. The van der Waals surface area contributed by atoms with E-state index in [1.807, 2.05) is 11.8 Å². The quantitative estimate of drug-likeness (QED) is 0.646. The van der Waals surface area contributed by atoms with Crippen molar-refractivity contribution in [3.05, 3.63) is 0 Å². The van der Waals surface area contributed by atoms with Gasteiger partial charge in [-0.25, -0.2) is 0 Å². The SMILES string of the molecule is CC(C)CSCC(C)C(=O)CC(C)C. The molecule has 0 saturated heterocycles. The molecule has 0 aliphatic carbocycles. The van der Waals surface area contributed by atoms with Gasteiger partial charge in [0.2, 0.25) is 0 Å². The number of thioether (sulfide) groups is 1. The highest BCUT2D eigenvalue weighted by molar-refractivity contribution is 7.99. The van der Waals surface area contributed by atoms with Crippen molar-refractivity contribution >= 4 is 17.5 Å². The molecule has 1 nitrogen and oxygen atoms in total. The standard InChI is InChI=1S/C12H24OS/c1-9(2)6-12(13)11(5)8-14-7-10(3)4/h9-11H,6-8H2,1-5H3. The van der Waals surface area contributed by atoms with Gasteiger partial charge in [-0.1, -0.05) is 34.6 Å². The molecule has 0 N–H and O–H groups in total. The van der Waals surface area contributed by atoms with Gasteiger partial charge in [-0.2, -0.15) is 11.8 Å². The first kappa shape index (κ1) is 14.0. The van der Waals surface area contributed by atoms with Crippen LogP contribution in [0.3, 0.4) is 0 Å². The third-order valence-corrected chi connectivity index (χ3v) is 3.62. The van der Waals surface area contributed by atoms with E-state index < -0.39 is 0 Å². The molecule has 1 atom stereocenters. The van der Waals surface area contributed by atoms with Crippen LogP contribution in [-0.4, -0.2) is 17.3 Å². The fraction of sp³-hybridized carbons (Fsp3) is 0.917. The molecule has 0 aromatic carbocycles. The molecule has 14 heavy (non-hydrogen) atoms. The van der Waals surface area contributed by atoms with Gasteiger partial charge in [0.15, 0.2) is 0 Å². The van der Waals surface area contributed by atoms with Gasteiger partial charge in [0, 0.05) is 18.1 Å². The maximum absolute atomic E-state index is 11.6. The Labute approximate surface area is 93.0 Å². The Morgan fingerprint density at radius 2 is 1.57 bits per heavy atom. The van der Waals surface area contributed by atoms with Crippen LogP contribution in [0.4, 0.5) is 0 Å². The largest absolute Gasteiger partial charge is 0.299 e. The Morgan fingerprint density at radius 3 is 2.00 bits per heavy atom. The van der Waals surface area contributed by atoms with Crippen molar-refractivity contribution < 1.29 is 4.79 Å². The van der Waals surface area contributed by atoms with Crippen molar-refractivity contribution in [2.45, 2.75) is 41.0 Å². The summed E-state index contributed by atoms with van der Waals surface area (Å²) in [6.07, 6.45) is 0.739. The van der Waals surface area contributed by atoms with Crippen LogP contribution in [-0.2, 0) is 4.79 Å². The van der Waals surface area contributed by atoms with Crippen molar-refractivity contribution in [3.63, 3.8) is 0 Å². The minimum atomic E-state index is 0.237. The Bertz CT molecular complexity index is 164. The van der Waals surface area contributed by atoms with Crippen molar-refractivity contribution in [2.75, 3.05) is 11.5 Å². The molecular weight excluding hydrogens is 192 g/mol. The summed E-state index contributed by atoms with van der Waals surface area (Å²) in [4.78, 5) is 11.6. The van der Waals surface area contributed by atoms with Gasteiger partial charge in [0.1, 0.15) is 5.78 Å². The van der Waals surface area contributed by atoms with E-state index in [4.69, 9.17) is 0 Å². The monoisotopic (exact) mass is 216 g/mol. The van der Waals surface area contributed by atoms with E-state index in [0.717, 1.165) is 18.1 Å². The van der Waals surface area contributed by atoms with Gasteiger partial charge >= 0.3 is 0 Å². The highest BCUT2D eigenvalue weighted by atomic mass is 32.2. The summed E-state index contributed by atoms with van der Waals surface area (Å²) in [5.74, 6) is 4.05. The predicted octanol–water partition coefficient (Wildman–Crippen LogP) is 3.63. The number of carbonyl (C=O) groups excluding carboxylic acids is 1. The van der Waals surface area contributed by atoms with Crippen LogP contribution >= 0.6 is 11.8 Å². The average molecular weight is 216 g/mol. The predicted molar refractivity (Wildman–Crippen MR) is 65.8 cm³/mol. The molecule has 0 heterocycles. The zero-order valence-corrected chi connectivity index (χ0v) is 11.0. The topological polar surface area (TPSA) is 17.1 Å². The molecule has 84 valence electrons. The Kier molecular flexibility index (Phi) is 7.34. The summed E-state index contributed by atoms with van der Waals surface area (Å²) in [6, 6.07) is 0. The number of ketones is 1. The highest BCUT2D eigenvalue weighted by Crippen LogP contribution is 2.15. The summed E-state index contributed by atoms with van der Waals surface area (Å²) in [6.45, 7) is 10.7. The summed E-state index contributed by atoms with van der Waals surface area (Å²) in [5.41, 5.74) is 0. The van der Waals surface area contributed by atoms with Crippen molar-refractivity contribution in [1.29, 1.82) is 0 Å². The molecule has 2 heteroatoms. The number of rotatable bonds is 7. The third kappa shape index (κ3) is 7.43. The third-order valence-electron chi connectivity index (χ3n) is 1.98. The van der Waals surface area contributed by atoms with E-state index in [9.17, 15) is 4.79 Å². The Morgan fingerprint density at radius 1 is 1.00 bits per heavy atom. The summed E-state index contributed by atoms with van der Waals surface area (Å²) < 4.78 is 0. The summed E-state index contributed by atoms with van der Waals surface area (Å²) >= 11 is 1.90. The molecule has 0 amide bonds. The average Bonchev–Trinajstić information content (AvgIpc) is 2.01. The molecule has 0 aliphatic heterocycles. The highest BCUT2D eigenvalue weighted by Gasteiger charge is 2.14. The number of Topliss-reactive ketones (excluding diaryl/α,β-unsaturated/α-hetero) is 1. The molecule has 0 radical (unpaired) electrons. The molecule has 0 aromatic rings. The van der Waals surface area contributed by atoms with Crippen LogP contribution in [0.2, 0.25) is 0 Å². The molecule has 0 spiro atoms. The smallest absolute Gasteiger partial charge is 0.136 e. The second-order valence-electron chi connectivity index (χ2n) is 4.90. The van der Waals surface area contributed by atoms with Crippen molar-refractivity contribution in [1.82, 2.24) is 0 Å². The fourth-order valence-electron chi connectivity index (χ4n) is 1.18. The van der Waals surface area contributed by atoms with Gasteiger partial charge in [0.25, 0.3) is 0 Å². The van der Waals surface area contributed by atoms with Gasteiger partial charge < -0.3 is 0 Å². The van der Waals surface area contributed by atoms with E-state index in [-0.39, 0.29) is 5.92 Å². The van der Waals surface area contributed by atoms with E-state index in [1.54, 1.807) is 0 Å². The molecule has 0 rings (SSSR count). The fourth-order valence-corrected chi connectivity index (χ4v) is 2.32. The van der Waals surface area contributed by atoms with Crippen LogP contribution in [0, 0.1) is 17.8 Å². The van der Waals surface area contributed by atoms with Crippen LogP contribution in [0.15, 0.2) is 0 Å². The number of carbonyl (C=O) groups is 1. The maximum atomic E-state index is 11.6. The Hall–Kier alpha value is 0.0200. The van der Waals surface area contributed by atoms with Crippen LogP contribution in [0.1, 0.15) is 41.0 Å². The molecule has 0 saturated carbocycles. The van der Waals surface area contributed by atoms with E-state index in [2.05, 4.69) is 34.6 Å². The van der Waals surface area contributed by atoms with E-state index in [1.165, 1.54) is 5.75 Å². The molecule has 0 aromatic heterocycles. The first-order valence-electron chi connectivity index (χ1n) is 5.54. The number of hydrogen-bond donors (Lipinski definition) is 0. The second-order valence-corrected chi connectivity index (χ2v) is 5.97. The minimum Gasteiger partial charge on any atom is -0.299 e. The van der Waals surface area contributed by atoms with Gasteiger partial charge in [0.05, 0.1) is 0 Å². The number of hydrogen-bond acceptors (Lipinski definition) is 2. The Balaban J connectivity index is 3.62. The minimum absolute atomic E-state index is 0.237. The lowest BCUT2D eigenvalue weighted by molar-refractivity contribution is -0.122. The normalized spacial score (nSPS) is 13.6. The summed E-state index contributed by atoms with van der Waals surface area (Å²) in [7, 11) is 0. The first-order valence-corrected chi connectivity index (χ1v) is 6.69. The van der Waals surface area contributed by atoms with Crippen LogP contribution in [0.5, 0.6) is 0 Å². The molecule has 0 aliphatic rings. The van der Waals surface area contributed by atoms with Crippen LogP contribution in [0.25, 0.3) is 0 Å². The molecule has 0 fully saturated rings. The van der Waals surface area contributed by atoms with Gasteiger partial charge in [-0.15, -0.1) is 0 Å². The zero-order valence-electron chi connectivity index (χ0n) is 10.2. The lowest BCUT2D eigenvalue weighted by Crippen LogP contribution is -2.16. The first-order chi connectivity index (χ1) is 6.43. The van der Waals surface area contributed by atoms with Crippen molar-refractivity contribution in [3.8, 4) is 0 Å². The molecular formula is C12H24OS. The zero-order chi connectivity index (χ0) is 11.1. The summed E-state index contributed by atoms with van der Waals surface area (Å²) in [5, 5.41) is 0. The van der Waals surface area contributed by atoms with Gasteiger partial charge in [-0.05, 0) is 17.6 Å². The van der Waals surface area contributed by atoms with E-state index >= 15 is 0 Å². The lowest BCUT2D eigenvalue weighted by Gasteiger charge is -2.12.